The van der Waals surface area contributed by atoms with E-state index in [1.165, 1.54) is 0 Å². The average Bonchev–Trinajstić information content (AvgIpc) is 2.80. The molecule has 1 amide bonds. The van der Waals surface area contributed by atoms with E-state index in [9.17, 15) is 14.7 Å². The summed E-state index contributed by atoms with van der Waals surface area (Å²) in [6.07, 6.45) is 1.78. The van der Waals surface area contributed by atoms with Gasteiger partial charge in [-0.3, -0.25) is 4.79 Å². The van der Waals surface area contributed by atoms with Gasteiger partial charge in [-0.15, -0.1) is 0 Å². The Morgan fingerprint density at radius 1 is 0.903 bits per heavy atom. The molecule has 0 atom stereocenters. The SMILES string of the molecule is Cc1ccccc1C(=O)Nc1ccc(N2CCN(c3ccccn3)CC2)cc1C(=O)O. The fourth-order valence-corrected chi connectivity index (χ4v) is 3.77. The highest BCUT2D eigenvalue weighted by atomic mass is 16.4. The summed E-state index contributed by atoms with van der Waals surface area (Å²) in [5.41, 5.74) is 2.54. The minimum atomic E-state index is -1.07. The Hall–Kier alpha value is -3.87. The van der Waals surface area contributed by atoms with Crippen LogP contribution in [0.4, 0.5) is 17.2 Å². The zero-order valence-corrected chi connectivity index (χ0v) is 17.3. The highest BCUT2D eigenvalue weighted by Gasteiger charge is 2.21. The van der Waals surface area contributed by atoms with E-state index < -0.39 is 5.97 Å². The van der Waals surface area contributed by atoms with E-state index in [1.54, 1.807) is 30.5 Å². The number of aromatic nitrogens is 1. The number of carboxylic acid groups (broad SMARTS) is 1. The average molecular weight is 416 g/mol. The van der Waals surface area contributed by atoms with E-state index in [4.69, 9.17) is 0 Å². The van der Waals surface area contributed by atoms with Crippen LogP contribution in [0.25, 0.3) is 0 Å². The number of pyridine rings is 1. The second-order valence-corrected chi connectivity index (χ2v) is 7.47. The van der Waals surface area contributed by atoms with Crippen LogP contribution in [0, 0.1) is 6.92 Å². The first-order valence-corrected chi connectivity index (χ1v) is 10.2. The fraction of sp³-hybridized carbons (Fsp3) is 0.208. The van der Waals surface area contributed by atoms with Crippen LogP contribution in [-0.2, 0) is 0 Å². The molecular weight excluding hydrogens is 392 g/mol. The number of aryl methyl sites for hydroxylation is 1. The number of hydrogen-bond acceptors (Lipinski definition) is 5. The number of piperazine rings is 1. The number of carboxylic acids is 1. The Morgan fingerprint density at radius 3 is 2.29 bits per heavy atom. The lowest BCUT2D eigenvalue weighted by Crippen LogP contribution is -2.46. The molecule has 0 radical (unpaired) electrons. The van der Waals surface area contributed by atoms with Crippen molar-refractivity contribution in [3.63, 3.8) is 0 Å². The van der Waals surface area contributed by atoms with Gasteiger partial charge in [-0.1, -0.05) is 24.3 Å². The molecule has 1 aliphatic rings. The summed E-state index contributed by atoms with van der Waals surface area (Å²) < 4.78 is 0. The molecule has 2 N–H and O–H groups in total. The summed E-state index contributed by atoms with van der Waals surface area (Å²) in [4.78, 5) is 33.3. The van der Waals surface area contributed by atoms with Gasteiger partial charge in [0.2, 0.25) is 0 Å². The molecule has 0 bridgehead atoms. The normalized spacial score (nSPS) is 13.7. The van der Waals surface area contributed by atoms with Crippen molar-refractivity contribution in [3.8, 4) is 0 Å². The number of nitrogens with zero attached hydrogens (tertiary/aromatic N) is 3. The third-order valence-corrected chi connectivity index (χ3v) is 5.49. The Bertz CT molecular complexity index is 1090. The van der Waals surface area contributed by atoms with Gasteiger partial charge in [0.1, 0.15) is 5.82 Å². The molecule has 1 aromatic heterocycles. The number of carbonyl (C=O) groups is 2. The largest absolute Gasteiger partial charge is 0.478 e. The van der Waals surface area contributed by atoms with E-state index in [1.807, 2.05) is 43.3 Å². The monoisotopic (exact) mass is 416 g/mol. The van der Waals surface area contributed by atoms with Gasteiger partial charge in [0.15, 0.2) is 0 Å². The van der Waals surface area contributed by atoms with Crippen molar-refractivity contribution in [1.82, 2.24) is 4.98 Å². The van der Waals surface area contributed by atoms with Gasteiger partial charge in [-0.05, 0) is 48.9 Å². The molecular formula is C24H24N4O3. The van der Waals surface area contributed by atoms with Gasteiger partial charge in [0.05, 0.1) is 11.3 Å². The van der Waals surface area contributed by atoms with Crippen molar-refractivity contribution in [2.75, 3.05) is 41.3 Å². The summed E-state index contributed by atoms with van der Waals surface area (Å²) in [6.45, 7) is 4.95. The van der Waals surface area contributed by atoms with Crippen LogP contribution in [0.3, 0.4) is 0 Å². The van der Waals surface area contributed by atoms with Gasteiger partial charge in [0.25, 0.3) is 5.91 Å². The maximum absolute atomic E-state index is 12.6. The first-order valence-electron chi connectivity index (χ1n) is 10.2. The second kappa shape index (κ2) is 8.87. The molecule has 0 aliphatic carbocycles. The van der Waals surface area contributed by atoms with Crippen LogP contribution >= 0.6 is 0 Å². The van der Waals surface area contributed by atoms with Crippen molar-refractivity contribution in [2.45, 2.75) is 6.92 Å². The van der Waals surface area contributed by atoms with Crippen LogP contribution in [0.2, 0.25) is 0 Å². The summed E-state index contributed by atoms with van der Waals surface area (Å²) in [5.74, 6) is -0.450. The van der Waals surface area contributed by atoms with Gasteiger partial charge >= 0.3 is 5.97 Å². The number of rotatable bonds is 5. The van der Waals surface area contributed by atoms with Crippen LogP contribution in [-0.4, -0.2) is 48.1 Å². The molecule has 2 heterocycles. The summed E-state index contributed by atoms with van der Waals surface area (Å²) in [7, 11) is 0. The van der Waals surface area contributed by atoms with Crippen molar-refractivity contribution < 1.29 is 14.7 Å². The summed E-state index contributed by atoms with van der Waals surface area (Å²) in [5, 5.41) is 12.5. The van der Waals surface area contributed by atoms with Crippen molar-refractivity contribution in [1.29, 1.82) is 0 Å². The molecule has 0 unspecified atom stereocenters. The Morgan fingerprint density at radius 2 is 1.61 bits per heavy atom. The third kappa shape index (κ3) is 4.50. The van der Waals surface area contributed by atoms with Crippen LogP contribution in [0.1, 0.15) is 26.3 Å². The topological polar surface area (TPSA) is 85.8 Å². The van der Waals surface area contributed by atoms with Crippen LogP contribution in [0.15, 0.2) is 66.9 Å². The minimum Gasteiger partial charge on any atom is -0.478 e. The molecule has 1 aliphatic heterocycles. The number of hydrogen-bond donors (Lipinski definition) is 2. The molecule has 7 nitrogen and oxygen atoms in total. The van der Waals surface area contributed by atoms with Gasteiger partial charge in [-0.2, -0.15) is 0 Å². The summed E-state index contributed by atoms with van der Waals surface area (Å²) >= 11 is 0. The quantitative estimate of drug-likeness (QED) is 0.660. The Labute approximate surface area is 181 Å². The molecule has 4 rings (SSSR count). The maximum atomic E-state index is 12.6. The van der Waals surface area contributed by atoms with E-state index in [2.05, 4.69) is 20.1 Å². The van der Waals surface area contributed by atoms with Gasteiger partial charge in [-0.25, -0.2) is 9.78 Å². The number of anilines is 3. The van der Waals surface area contributed by atoms with Crippen LogP contribution < -0.4 is 15.1 Å². The lowest BCUT2D eigenvalue weighted by Gasteiger charge is -2.36. The first-order chi connectivity index (χ1) is 15.0. The number of amides is 1. The highest BCUT2D eigenvalue weighted by molar-refractivity contribution is 6.08. The lowest BCUT2D eigenvalue weighted by molar-refractivity contribution is 0.0698. The number of benzene rings is 2. The number of nitrogens with one attached hydrogen (secondary N) is 1. The second-order valence-electron chi connectivity index (χ2n) is 7.47. The van der Waals surface area contributed by atoms with E-state index in [0.29, 0.717) is 5.56 Å². The standard InChI is InChI=1S/C24H24N4O3/c1-17-6-2-3-7-19(17)23(29)26-21-10-9-18(16-20(21)24(30)31)27-12-14-28(15-13-27)22-8-4-5-11-25-22/h2-11,16H,12-15H2,1H3,(H,26,29)(H,30,31). The van der Waals surface area contributed by atoms with Crippen molar-refractivity contribution in [3.05, 3.63) is 83.6 Å². The molecule has 7 heteroatoms. The molecule has 158 valence electrons. The summed E-state index contributed by atoms with van der Waals surface area (Å²) in [6, 6.07) is 18.2. The number of carbonyl (C=O) groups excluding carboxylic acids is 1. The van der Waals surface area contributed by atoms with Crippen molar-refractivity contribution >= 4 is 29.1 Å². The predicted molar refractivity (Wildman–Crippen MR) is 121 cm³/mol. The molecule has 1 fully saturated rings. The molecule has 3 aromatic rings. The zero-order valence-electron chi connectivity index (χ0n) is 17.3. The van der Waals surface area contributed by atoms with Gasteiger partial charge < -0.3 is 20.2 Å². The maximum Gasteiger partial charge on any atom is 0.337 e. The van der Waals surface area contributed by atoms with Gasteiger partial charge in [0, 0.05) is 43.6 Å². The smallest absolute Gasteiger partial charge is 0.337 e. The lowest BCUT2D eigenvalue weighted by atomic mass is 10.1. The molecule has 0 spiro atoms. The minimum absolute atomic E-state index is 0.0755. The van der Waals surface area contributed by atoms with E-state index in [-0.39, 0.29) is 17.2 Å². The number of aromatic carboxylic acids is 1. The predicted octanol–water partition coefficient (Wildman–Crippen LogP) is 3.67. The van der Waals surface area contributed by atoms with Crippen molar-refractivity contribution in [2.24, 2.45) is 0 Å². The Kier molecular flexibility index (Phi) is 5.84. The fourth-order valence-electron chi connectivity index (χ4n) is 3.77. The zero-order chi connectivity index (χ0) is 21.8. The third-order valence-electron chi connectivity index (χ3n) is 5.49. The van der Waals surface area contributed by atoms with Crippen LogP contribution in [0.5, 0.6) is 0 Å². The first kappa shape index (κ1) is 20.4. The van der Waals surface area contributed by atoms with E-state index >= 15 is 0 Å². The highest BCUT2D eigenvalue weighted by Crippen LogP contribution is 2.26. The molecule has 0 saturated carbocycles. The molecule has 1 saturated heterocycles. The molecule has 31 heavy (non-hydrogen) atoms. The molecule has 2 aromatic carbocycles. The Balaban J connectivity index is 1.50. The van der Waals surface area contributed by atoms with E-state index in [0.717, 1.165) is 43.2 Å².